The molecule has 0 fully saturated rings. The van der Waals surface area contributed by atoms with Crippen molar-refractivity contribution in [2.24, 2.45) is 0 Å². The van der Waals surface area contributed by atoms with Gasteiger partial charge in [0.1, 0.15) is 0 Å². The molecule has 2 rings (SSSR count). The molecule has 0 heterocycles. The summed E-state index contributed by atoms with van der Waals surface area (Å²) in [4.78, 5) is 23.4. The highest BCUT2D eigenvalue weighted by atomic mass is 35.5. The Bertz CT molecular complexity index is 645. The highest BCUT2D eigenvalue weighted by molar-refractivity contribution is 6.30. The molecular weight excluding hydrogens is 300 g/mol. The molecule has 0 spiro atoms. The Morgan fingerprint density at radius 2 is 1.50 bits per heavy atom. The van der Waals surface area contributed by atoms with E-state index in [1.165, 1.54) is 7.11 Å². The summed E-state index contributed by atoms with van der Waals surface area (Å²) in [6, 6.07) is 14.3. The standard InChI is InChI=1S/C18H17ClO3/c1-22-17(20)4-2-3-13-5-7-14(8-6-13)18(21)15-9-11-16(19)12-10-15/h5-12H,2-4H2,1H3. The van der Waals surface area contributed by atoms with Crippen LogP contribution in [0.15, 0.2) is 48.5 Å². The van der Waals surface area contributed by atoms with E-state index in [9.17, 15) is 9.59 Å². The average Bonchev–Trinajstić information content (AvgIpc) is 2.55. The number of ether oxygens (including phenoxy) is 1. The smallest absolute Gasteiger partial charge is 0.305 e. The first kappa shape index (κ1) is 16.2. The van der Waals surface area contributed by atoms with E-state index in [-0.39, 0.29) is 11.8 Å². The van der Waals surface area contributed by atoms with Crippen molar-refractivity contribution in [1.82, 2.24) is 0 Å². The van der Waals surface area contributed by atoms with Crippen molar-refractivity contribution in [3.8, 4) is 0 Å². The van der Waals surface area contributed by atoms with Gasteiger partial charge in [-0.1, -0.05) is 35.9 Å². The summed E-state index contributed by atoms with van der Waals surface area (Å²) in [6.45, 7) is 0. The third-order valence-electron chi connectivity index (χ3n) is 3.40. The fraction of sp³-hybridized carbons (Fsp3) is 0.222. The first-order valence-corrected chi connectivity index (χ1v) is 7.44. The molecule has 0 aliphatic carbocycles. The Labute approximate surface area is 134 Å². The van der Waals surface area contributed by atoms with E-state index >= 15 is 0 Å². The molecule has 0 aromatic heterocycles. The zero-order valence-electron chi connectivity index (χ0n) is 12.3. The molecule has 0 unspecified atom stereocenters. The lowest BCUT2D eigenvalue weighted by Crippen LogP contribution is -2.02. The van der Waals surface area contributed by atoms with E-state index in [1.807, 2.05) is 24.3 Å². The summed E-state index contributed by atoms with van der Waals surface area (Å²) < 4.78 is 4.60. The van der Waals surface area contributed by atoms with Crippen LogP contribution in [0.2, 0.25) is 5.02 Å². The van der Waals surface area contributed by atoms with E-state index in [0.717, 1.165) is 18.4 Å². The zero-order chi connectivity index (χ0) is 15.9. The zero-order valence-corrected chi connectivity index (χ0v) is 13.1. The van der Waals surface area contributed by atoms with E-state index in [2.05, 4.69) is 4.74 Å². The maximum atomic E-state index is 12.3. The second-order valence-electron chi connectivity index (χ2n) is 4.96. The SMILES string of the molecule is COC(=O)CCCc1ccc(C(=O)c2ccc(Cl)cc2)cc1. The number of ketones is 1. The van der Waals surface area contributed by atoms with Crippen LogP contribution >= 0.6 is 11.6 Å². The molecule has 114 valence electrons. The first-order chi connectivity index (χ1) is 10.6. The van der Waals surface area contributed by atoms with Crippen LogP contribution in [-0.2, 0) is 16.0 Å². The maximum absolute atomic E-state index is 12.3. The third kappa shape index (κ3) is 4.43. The highest BCUT2D eigenvalue weighted by Crippen LogP contribution is 2.15. The number of esters is 1. The normalized spacial score (nSPS) is 10.3. The van der Waals surface area contributed by atoms with Gasteiger partial charge in [-0.2, -0.15) is 0 Å². The second-order valence-corrected chi connectivity index (χ2v) is 5.40. The molecule has 4 heteroatoms. The Balaban J connectivity index is 1.97. The van der Waals surface area contributed by atoms with Crippen LogP contribution in [0.4, 0.5) is 0 Å². The number of carbonyl (C=O) groups is 2. The van der Waals surface area contributed by atoms with Crippen molar-refractivity contribution in [2.45, 2.75) is 19.3 Å². The van der Waals surface area contributed by atoms with Gasteiger partial charge in [0, 0.05) is 22.6 Å². The van der Waals surface area contributed by atoms with Gasteiger partial charge in [0.2, 0.25) is 0 Å². The molecule has 0 amide bonds. The first-order valence-electron chi connectivity index (χ1n) is 7.06. The lowest BCUT2D eigenvalue weighted by molar-refractivity contribution is -0.140. The number of methoxy groups -OCH3 is 1. The molecule has 22 heavy (non-hydrogen) atoms. The van der Waals surface area contributed by atoms with Crippen LogP contribution in [0.5, 0.6) is 0 Å². The van der Waals surface area contributed by atoms with Gasteiger partial charge in [0.15, 0.2) is 5.78 Å². The summed E-state index contributed by atoms with van der Waals surface area (Å²) in [6.07, 6.45) is 1.92. The molecule has 0 aliphatic heterocycles. The van der Waals surface area contributed by atoms with E-state index < -0.39 is 0 Å². The summed E-state index contributed by atoms with van der Waals surface area (Å²) >= 11 is 5.82. The van der Waals surface area contributed by atoms with Gasteiger partial charge in [0.25, 0.3) is 0 Å². The highest BCUT2D eigenvalue weighted by Gasteiger charge is 2.09. The Kier molecular flexibility index (Phi) is 5.73. The molecule has 3 nitrogen and oxygen atoms in total. The quantitative estimate of drug-likeness (QED) is 0.596. The summed E-state index contributed by atoms with van der Waals surface area (Å²) in [7, 11) is 1.39. The Morgan fingerprint density at radius 1 is 0.955 bits per heavy atom. The summed E-state index contributed by atoms with van der Waals surface area (Å²) in [5.41, 5.74) is 2.35. The van der Waals surface area contributed by atoms with E-state index in [1.54, 1.807) is 24.3 Å². The molecule has 2 aromatic rings. The summed E-state index contributed by atoms with van der Waals surface area (Å²) in [5, 5.41) is 0.609. The molecule has 0 N–H and O–H groups in total. The van der Waals surface area contributed by atoms with Crippen molar-refractivity contribution in [1.29, 1.82) is 0 Å². The molecule has 0 radical (unpaired) electrons. The third-order valence-corrected chi connectivity index (χ3v) is 3.65. The minimum absolute atomic E-state index is 0.0298. The largest absolute Gasteiger partial charge is 0.469 e. The molecule has 0 atom stereocenters. The van der Waals surface area contributed by atoms with Gasteiger partial charge in [-0.25, -0.2) is 0 Å². The second kappa shape index (κ2) is 7.76. The predicted octanol–water partition coefficient (Wildman–Crippen LogP) is 4.07. The molecule has 2 aromatic carbocycles. The lowest BCUT2D eigenvalue weighted by atomic mass is 10.0. The van der Waals surface area contributed by atoms with Gasteiger partial charge in [-0.15, -0.1) is 0 Å². The topological polar surface area (TPSA) is 43.4 Å². The molecular formula is C18H17ClO3. The molecule has 0 saturated heterocycles. The van der Waals surface area contributed by atoms with Crippen molar-refractivity contribution in [3.05, 3.63) is 70.2 Å². The predicted molar refractivity (Wildman–Crippen MR) is 86.3 cm³/mol. The number of benzene rings is 2. The lowest BCUT2D eigenvalue weighted by Gasteiger charge is -2.04. The van der Waals surface area contributed by atoms with Crippen LogP contribution < -0.4 is 0 Å². The molecule has 0 saturated carbocycles. The van der Waals surface area contributed by atoms with Crippen LogP contribution in [0, 0.1) is 0 Å². The summed E-state index contributed by atoms with van der Waals surface area (Å²) in [5.74, 6) is -0.229. The Morgan fingerprint density at radius 3 is 2.05 bits per heavy atom. The number of rotatable bonds is 6. The Hall–Kier alpha value is -2.13. The van der Waals surface area contributed by atoms with Crippen LogP contribution in [0.1, 0.15) is 34.3 Å². The molecule has 0 aliphatic rings. The van der Waals surface area contributed by atoms with Crippen LogP contribution in [0.25, 0.3) is 0 Å². The van der Waals surface area contributed by atoms with Gasteiger partial charge >= 0.3 is 5.97 Å². The van der Waals surface area contributed by atoms with Crippen molar-refractivity contribution >= 4 is 23.4 Å². The van der Waals surface area contributed by atoms with Crippen molar-refractivity contribution in [2.75, 3.05) is 7.11 Å². The van der Waals surface area contributed by atoms with Gasteiger partial charge in [-0.05, 0) is 42.7 Å². The fourth-order valence-corrected chi connectivity index (χ4v) is 2.26. The fourth-order valence-electron chi connectivity index (χ4n) is 2.13. The number of halogens is 1. The number of hydrogen-bond acceptors (Lipinski definition) is 3. The van der Waals surface area contributed by atoms with E-state index in [0.29, 0.717) is 22.6 Å². The van der Waals surface area contributed by atoms with Crippen LogP contribution in [0.3, 0.4) is 0 Å². The van der Waals surface area contributed by atoms with Crippen molar-refractivity contribution < 1.29 is 14.3 Å². The monoisotopic (exact) mass is 316 g/mol. The van der Waals surface area contributed by atoms with Crippen LogP contribution in [-0.4, -0.2) is 18.9 Å². The minimum atomic E-state index is -0.200. The average molecular weight is 317 g/mol. The number of aryl methyl sites for hydroxylation is 1. The van der Waals surface area contributed by atoms with E-state index in [4.69, 9.17) is 11.6 Å². The van der Waals surface area contributed by atoms with Gasteiger partial charge < -0.3 is 4.74 Å². The van der Waals surface area contributed by atoms with Gasteiger partial charge in [0.05, 0.1) is 7.11 Å². The number of hydrogen-bond donors (Lipinski definition) is 0. The number of carbonyl (C=O) groups excluding carboxylic acids is 2. The van der Waals surface area contributed by atoms with Crippen molar-refractivity contribution in [3.63, 3.8) is 0 Å². The molecule has 0 bridgehead atoms. The minimum Gasteiger partial charge on any atom is -0.469 e. The maximum Gasteiger partial charge on any atom is 0.305 e. The van der Waals surface area contributed by atoms with Gasteiger partial charge in [-0.3, -0.25) is 9.59 Å².